The van der Waals surface area contributed by atoms with E-state index >= 15 is 0 Å². The van der Waals surface area contributed by atoms with Gasteiger partial charge in [0.1, 0.15) is 0 Å². The van der Waals surface area contributed by atoms with Gasteiger partial charge in [-0.15, -0.1) is 0 Å². The van der Waals surface area contributed by atoms with Gasteiger partial charge in [-0.1, -0.05) is 13.8 Å². The molecule has 0 radical (unpaired) electrons. The number of halogens is 16. The van der Waals surface area contributed by atoms with Crippen molar-refractivity contribution in [3.8, 4) is 0 Å². The topological polar surface area (TPSA) is 415 Å². The number of carbonyl (C=O) groups is 20. The minimum Gasteiger partial charge on any atom is -0.275 e. The molecule has 580 valence electrons. The Bertz CT molecular complexity index is 5030. The van der Waals surface area contributed by atoms with Crippen molar-refractivity contribution in [2.45, 2.75) is 96.4 Å². The summed E-state index contributed by atoms with van der Waals surface area (Å²) in [5.41, 5.74) is -22.4. The van der Waals surface area contributed by atoms with Crippen LogP contribution in [0.3, 0.4) is 0 Å². The number of hydrogen-bond donors (Lipinski definition) is 4. The lowest BCUT2D eigenvalue weighted by atomic mass is 9.88. The van der Waals surface area contributed by atoms with Crippen LogP contribution in [0.25, 0.3) is 0 Å². The lowest BCUT2D eigenvalue weighted by molar-refractivity contribution is -0.152. The summed E-state index contributed by atoms with van der Waals surface area (Å²) in [5.74, 6) is -60.4. The first kappa shape index (κ1) is 80.8. The van der Waals surface area contributed by atoms with Crippen molar-refractivity contribution in [3.63, 3.8) is 0 Å². The second-order valence-corrected chi connectivity index (χ2v) is 24.4. The van der Waals surface area contributed by atoms with Gasteiger partial charge in [0.25, 0.3) is 94.5 Å². The van der Waals surface area contributed by atoms with E-state index in [1.165, 1.54) is 27.7 Å². The fourth-order valence-corrected chi connectivity index (χ4v) is 12.3. The molecule has 8 aliphatic rings. The molecule has 48 heteroatoms. The highest BCUT2D eigenvalue weighted by atomic mass is 19.2. The van der Waals surface area contributed by atoms with Crippen LogP contribution in [-0.4, -0.2) is 206 Å². The predicted molar refractivity (Wildman–Crippen MR) is 314 cm³/mol. The molecule has 4 aromatic carbocycles. The molecule has 0 spiro atoms. The fraction of sp³-hybridized carbons (Fsp3) is 0.290. The van der Waals surface area contributed by atoms with Gasteiger partial charge in [0, 0.05) is 26.2 Å². The SMILES string of the molecule is CC(C)N1C(=O)NC(=O)C(C)(N2C(=O)c3c(F)c(F)c(F)c(F)c3C2=O)C1=O.CCCN1C(=O)NC(=O)C(C)(N2C(=O)c3c(F)c(F)c(F)c(F)c3C2=O)C1=O.CCN1C(=O)NC(=O)C(CC)(N2C(=O)c3c(F)c(F)c(F)c(F)c3C2=O)C1=O.CN1C(=O)NC(=O)C(C)(N2C(=O)c3c(F)c(F)c(F)c(F)c3C2=O)C1=O. The number of urea groups is 4. The highest BCUT2D eigenvalue weighted by Gasteiger charge is 2.67. The van der Waals surface area contributed by atoms with Crippen molar-refractivity contribution < 1.29 is 166 Å². The van der Waals surface area contributed by atoms with E-state index in [1.54, 1.807) is 28.2 Å². The van der Waals surface area contributed by atoms with E-state index in [0.717, 1.165) is 27.8 Å². The van der Waals surface area contributed by atoms with Gasteiger partial charge in [-0.05, 0) is 54.4 Å². The van der Waals surface area contributed by atoms with Crippen LogP contribution < -0.4 is 21.3 Å². The monoisotopic (exact) mass is 1580 g/mol. The molecule has 4 saturated heterocycles. The van der Waals surface area contributed by atoms with Crippen molar-refractivity contribution in [1.29, 1.82) is 0 Å². The Morgan fingerprint density at radius 3 is 0.818 bits per heavy atom. The second-order valence-electron chi connectivity index (χ2n) is 24.4. The van der Waals surface area contributed by atoms with Crippen molar-refractivity contribution in [2.75, 3.05) is 20.1 Å². The van der Waals surface area contributed by atoms with E-state index in [0.29, 0.717) is 19.6 Å². The van der Waals surface area contributed by atoms with Crippen LogP contribution in [0, 0.1) is 93.1 Å². The summed E-state index contributed by atoms with van der Waals surface area (Å²) in [6.07, 6.45) is -0.313. The van der Waals surface area contributed by atoms with E-state index < -0.39 is 291 Å². The number of amides is 24. The molecule has 12 rings (SSSR count). The highest BCUT2D eigenvalue weighted by Crippen LogP contribution is 2.43. The molecule has 0 aliphatic carbocycles. The molecule has 0 saturated carbocycles. The molecule has 4 atom stereocenters. The van der Waals surface area contributed by atoms with Crippen LogP contribution in [0.5, 0.6) is 0 Å². The quantitative estimate of drug-likeness (QED) is 0.0612. The number of hydrogen-bond acceptors (Lipinski definition) is 20. The standard InChI is InChI=1S/3C16H11F4N3O5.C14H7F4N3O5/c1-4(2)22-14(27)16(3,13(26)21-15(22)28)23-11(24)5-6(12(23)25)8(18)10(20)9(19)7(5)17;1-3-4-22-14(27)16(2,13(26)21-15(22)28)23-11(24)5-6(12(23)25)8(18)10(20)9(19)7(5)17;1-3-16(13(26)21-15(28)22(4-2)14(16)27)23-11(24)5-6(12(23)25)8(18)10(20)9(19)7(5)17;1-14(11(24)19-13(26)20(2)12(14)25)21-9(22)3-4(10(21)23)6(16)8(18)7(17)5(3)15/h4H,1-3H3,(H,21,26,28);2*3-4H2,1-2H3,(H,21,26,28);1-2H3,(H,19,24,26). The Hall–Kier alpha value is -13.2. The molecule has 32 nitrogen and oxygen atoms in total. The lowest BCUT2D eigenvalue weighted by Gasteiger charge is -2.42. The van der Waals surface area contributed by atoms with Crippen LogP contribution in [0.4, 0.5) is 89.4 Å². The molecule has 4 aromatic rings. The number of benzene rings is 4. The van der Waals surface area contributed by atoms with Crippen LogP contribution in [0.2, 0.25) is 0 Å². The average molecular weight is 1580 g/mol. The first-order valence-electron chi connectivity index (χ1n) is 30.5. The summed E-state index contributed by atoms with van der Waals surface area (Å²) in [5, 5.41) is 7.04. The number of fused-ring (bicyclic) bond motifs is 4. The van der Waals surface area contributed by atoms with E-state index in [1.807, 2.05) is 0 Å². The van der Waals surface area contributed by atoms with Gasteiger partial charge in [-0.2, -0.15) is 0 Å². The van der Waals surface area contributed by atoms with E-state index in [2.05, 4.69) is 0 Å². The summed E-state index contributed by atoms with van der Waals surface area (Å²) in [4.78, 5) is 249. The van der Waals surface area contributed by atoms with E-state index in [4.69, 9.17) is 0 Å². The average Bonchev–Trinajstić information content (AvgIpc) is 1.56. The molecule has 4 fully saturated rings. The lowest BCUT2D eigenvalue weighted by Crippen LogP contribution is -2.74. The van der Waals surface area contributed by atoms with Gasteiger partial charge in [0.15, 0.2) is 93.1 Å². The maximum Gasteiger partial charge on any atom is 0.331 e. The number of carbonyl (C=O) groups excluding carboxylic acids is 20. The van der Waals surface area contributed by atoms with Crippen LogP contribution in [0.1, 0.15) is 151 Å². The largest absolute Gasteiger partial charge is 0.331 e. The third-order valence-electron chi connectivity index (χ3n) is 18.1. The second kappa shape index (κ2) is 27.2. The Kier molecular flexibility index (Phi) is 20.0. The number of nitrogens with one attached hydrogen (secondary N) is 4. The molecule has 0 aromatic heterocycles. The van der Waals surface area contributed by atoms with E-state index in [-0.39, 0.29) is 39.1 Å². The van der Waals surface area contributed by atoms with Crippen LogP contribution in [0.15, 0.2) is 0 Å². The Morgan fingerprint density at radius 2 is 0.545 bits per heavy atom. The zero-order valence-corrected chi connectivity index (χ0v) is 56.2. The molecular formula is C62H40F16N12O20. The Labute approximate surface area is 598 Å². The Morgan fingerprint density at radius 1 is 0.300 bits per heavy atom. The minimum atomic E-state index is -2.73. The van der Waals surface area contributed by atoms with Crippen LogP contribution in [-0.2, 0) is 38.4 Å². The minimum absolute atomic E-state index is 0.0600. The molecule has 24 amide bonds. The third-order valence-corrected chi connectivity index (χ3v) is 18.1. The number of likely N-dealkylation sites (N-methyl/N-ethyl adjacent to an activating group) is 2. The molecule has 0 bridgehead atoms. The molecule has 4 unspecified atom stereocenters. The van der Waals surface area contributed by atoms with Gasteiger partial charge in [-0.3, -0.25) is 118 Å². The highest BCUT2D eigenvalue weighted by molar-refractivity contribution is 6.35. The summed E-state index contributed by atoms with van der Waals surface area (Å²) >= 11 is 0. The predicted octanol–water partition coefficient (Wildman–Crippen LogP) is 3.56. The Balaban J connectivity index is 0.000000169. The molecular weight excluding hydrogens is 1540 g/mol. The zero-order chi connectivity index (χ0) is 83.3. The number of imide groups is 12. The zero-order valence-electron chi connectivity index (χ0n) is 56.2. The summed E-state index contributed by atoms with van der Waals surface area (Å²) in [6.45, 7) is 8.79. The number of barbiturate groups is 4. The van der Waals surface area contributed by atoms with Gasteiger partial charge >= 0.3 is 24.1 Å². The maximum absolute atomic E-state index is 14.1. The van der Waals surface area contributed by atoms with Gasteiger partial charge in [0.05, 0.1) is 44.5 Å². The van der Waals surface area contributed by atoms with Crippen molar-refractivity contribution in [2.24, 2.45) is 0 Å². The van der Waals surface area contributed by atoms with E-state index in [9.17, 15) is 166 Å². The molecule has 110 heavy (non-hydrogen) atoms. The molecule has 4 N–H and O–H groups in total. The van der Waals surface area contributed by atoms with Gasteiger partial charge < -0.3 is 0 Å². The smallest absolute Gasteiger partial charge is 0.275 e. The number of rotatable bonds is 9. The van der Waals surface area contributed by atoms with Gasteiger partial charge in [0.2, 0.25) is 22.2 Å². The normalized spacial score (nSPS) is 22.4. The van der Waals surface area contributed by atoms with Crippen molar-refractivity contribution in [3.05, 3.63) is 138 Å². The number of nitrogens with zero attached hydrogens (tertiary/aromatic N) is 8. The molecule has 8 aliphatic heterocycles. The fourth-order valence-electron chi connectivity index (χ4n) is 12.3. The third kappa shape index (κ3) is 10.7. The summed E-state index contributed by atoms with van der Waals surface area (Å²) in [6, 6.07) is -5.34. The maximum atomic E-state index is 14.1. The van der Waals surface area contributed by atoms with Gasteiger partial charge in [-0.25, -0.2) is 109 Å². The van der Waals surface area contributed by atoms with Crippen molar-refractivity contribution in [1.82, 2.24) is 60.5 Å². The summed E-state index contributed by atoms with van der Waals surface area (Å²) < 4.78 is 220. The summed E-state index contributed by atoms with van der Waals surface area (Å²) in [7, 11) is 0.918. The first-order chi connectivity index (χ1) is 50.9. The molecule has 8 heterocycles. The van der Waals surface area contributed by atoms with Crippen LogP contribution >= 0.6 is 0 Å². The first-order valence-corrected chi connectivity index (χ1v) is 30.5. The van der Waals surface area contributed by atoms with Crippen molar-refractivity contribution >= 4 is 119 Å².